The highest BCUT2D eigenvalue weighted by Gasteiger charge is 2.16. The van der Waals surface area contributed by atoms with E-state index in [1.54, 1.807) is 14.2 Å². The number of hydrogen-bond acceptors (Lipinski definition) is 4. The van der Waals surface area contributed by atoms with Crippen molar-refractivity contribution in [1.82, 2.24) is 5.32 Å². The summed E-state index contributed by atoms with van der Waals surface area (Å²) in [5, 5.41) is 3.05. The van der Waals surface area contributed by atoms with E-state index in [1.807, 2.05) is 31.3 Å². The summed E-state index contributed by atoms with van der Waals surface area (Å²) in [6, 6.07) is 7.68. The van der Waals surface area contributed by atoms with Crippen LogP contribution in [0.3, 0.4) is 0 Å². The first-order valence-corrected chi connectivity index (χ1v) is 6.64. The molecule has 4 nitrogen and oxygen atoms in total. The summed E-state index contributed by atoms with van der Waals surface area (Å²) < 4.78 is 17.3. The van der Waals surface area contributed by atoms with Gasteiger partial charge in [-0.15, -0.1) is 0 Å². The molecular formula is C14H16BrNO3. The van der Waals surface area contributed by atoms with Gasteiger partial charge in [-0.3, -0.25) is 0 Å². The molecule has 2 rings (SSSR count). The molecule has 1 heterocycles. The van der Waals surface area contributed by atoms with E-state index < -0.39 is 0 Å². The normalized spacial score (nSPS) is 10.5. The Bertz CT molecular complexity index is 566. The van der Waals surface area contributed by atoms with E-state index in [0.29, 0.717) is 12.3 Å². The highest BCUT2D eigenvalue weighted by Crippen LogP contribution is 2.42. The van der Waals surface area contributed by atoms with E-state index in [-0.39, 0.29) is 0 Å². The minimum Gasteiger partial charge on any atom is -0.495 e. The van der Waals surface area contributed by atoms with Crippen LogP contribution in [0.1, 0.15) is 5.76 Å². The maximum absolute atomic E-state index is 5.78. The van der Waals surface area contributed by atoms with Gasteiger partial charge >= 0.3 is 0 Å². The Kier molecular flexibility index (Phi) is 4.50. The number of halogens is 1. The summed E-state index contributed by atoms with van der Waals surface area (Å²) in [4.78, 5) is 0. The molecule has 1 N–H and O–H groups in total. The van der Waals surface area contributed by atoms with Crippen molar-refractivity contribution in [2.45, 2.75) is 6.54 Å². The number of benzene rings is 1. The minimum atomic E-state index is 0.694. The summed E-state index contributed by atoms with van der Waals surface area (Å²) in [5.41, 5.74) is 0.887. The van der Waals surface area contributed by atoms with Gasteiger partial charge in [0.2, 0.25) is 0 Å². The summed E-state index contributed by atoms with van der Waals surface area (Å²) in [6.07, 6.45) is 0. The van der Waals surface area contributed by atoms with Crippen molar-refractivity contribution in [3.05, 3.63) is 34.5 Å². The van der Waals surface area contributed by atoms with Crippen LogP contribution in [0.15, 0.2) is 33.2 Å². The average molecular weight is 326 g/mol. The first-order valence-electron chi connectivity index (χ1n) is 5.85. The molecule has 0 spiro atoms. The van der Waals surface area contributed by atoms with Gasteiger partial charge in [0.1, 0.15) is 27.5 Å². The van der Waals surface area contributed by atoms with Crippen LogP contribution in [0.4, 0.5) is 0 Å². The molecule has 0 aliphatic heterocycles. The maximum atomic E-state index is 5.78. The van der Waals surface area contributed by atoms with Crippen LogP contribution >= 0.6 is 15.9 Å². The van der Waals surface area contributed by atoms with Gasteiger partial charge in [0.05, 0.1) is 26.3 Å². The maximum Gasteiger partial charge on any atom is 0.147 e. The molecule has 19 heavy (non-hydrogen) atoms. The highest BCUT2D eigenvalue weighted by molar-refractivity contribution is 9.10. The highest BCUT2D eigenvalue weighted by atomic mass is 79.9. The predicted octanol–water partition coefficient (Wildman–Crippen LogP) is 3.45. The molecule has 0 amide bonds. The van der Waals surface area contributed by atoms with Gasteiger partial charge in [0.15, 0.2) is 0 Å². The molecule has 102 valence electrons. The van der Waals surface area contributed by atoms with Crippen LogP contribution in [0.25, 0.3) is 11.3 Å². The smallest absolute Gasteiger partial charge is 0.147 e. The molecule has 0 radical (unpaired) electrons. The van der Waals surface area contributed by atoms with E-state index >= 15 is 0 Å². The Morgan fingerprint density at radius 1 is 1.16 bits per heavy atom. The van der Waals surface area contributed by atoms with E-state index in [1.165, 1.54) is 0 Å². The molecule has 5 heteroatoms. The first-order chi connectivity index (χ1) is 9.21. The zero-order valence-electron chi connectivity index (χ0n) is 11.1. The largest absolute Gasteiger partial charge is 0.495 e. The van der Waals surface area contributed by atoms with E-state index in [4.69, 9.17) is 13.9 Å². The van der Waals surface area contributed by atoms with Crippen LogP contribution in [0, 0.1) is 0 Å². The van der Waals surface area contributed by atoms with Gasteiger partial charge in [0, 0.05) is 0 Å². The Balaban J connectivity index is 2.46. The first kappa shape index (κ1) is 14.0. The lowest BCUT2D eigenvalue weighted by molar-refractivity contribution is 0.389. The molecule has 0 unspecified atom stereocenters. The molecule has 0 fully saturated rings. The van der Waals surface area contributed by atoms with Crippen LogP contribution < -0.4 is 14.8 Å². The lowest BCUT2D eigenvalue weighted by Crippen LogP contribution is -2.03. The lowest BCUT2D eigenvalue weighted by Gasteiger charge is -2.11. The summed E-state index contributed by atoms with van der Waals surface area (Å²) in [6.45, 7) is 0.694. The van der Waals surface area contributed by atoms with Crippen molar-refractivity contribution in [3.8, 4) is 22.8 Å². The Morgan fingerprint density at radius 2 is 1.95 bits per heavy atom. The number of hydrogen-bond donors (Lipinski definition) is 1. The predicted molar refractivity (Wildman–Crippen MR) is 77.7 cm³/mol. The van der Waals surface area contributed by atoms with Crippen molar-refractivity contribution >= 4 is 15.9 Å². The molecule has 1 aromatic heterocycles. The SMILES string of the molecule is CNCc1ccc(-c2ccc(OC)c(Br)c2OC)o1. The summed E-state index contributed by atoms with van der Waals surface area (Å²) >= 11 is 3.48. The van der Waals surface area contributed by atoms with E-state index in [2.05, 4.69) is 21.2 Å². The molecule has 0 saturated carbocycles. The Hall–Kier alpha value is -1.46. The number of rotatable bonds is 5. The van der Waals surface area contributed by atoms with Gasteiger partial charge in [-0.2, -0.15) is 0 Å². The van der Waals surface area contributed by atoms with Crippen molar-refractivity contribution in [1.29, 1.82) is 0 Å². The second-order valence-corrected chi connectivity index (χ2v) is 4.75. The van der Waals surface area contributed by atoms with E-state index in [9.17, 15) is 0 Å². The monoisotopic (exact) mass is 325 g/mol. The molecule has 0 atom stereocenters. The second kappa shape index (κ2) is 6.12. The number of methoxy groups -OCH3 is 2. The summed E-state index contributed by atoms with van der Waals surface area (Å²) in [5.74, 6) is 3.07. The zero-order chi connectivity index (χ0) is 13.8. The van der Waals surface area contributed by atoms with Crippen molar-refractivity contribution in [2.24, 2.45) is 0 Å². The number of nitrogens with one attached hydrogen (secondary N) is 1. The molecule has 0 aliphatic carbocycles. The Morgan fingerprint density at radius 3 is 2.58 bits per heavy atom. The molecule has 0 bridgehead atoms. The third-order valence-electron chi connectivity index (χ3n) is 2.76. The van der Waals surface area contributed by atoms with Crippen LogP contribution in [0.5, 0.6) is 11.5 Å². The van der Waals surface area contributed by atoms with Crippen LogP contribution in [-0.2, 0) is 6.54 Å². The lowest BCUT2D eigenvalue weighted by atomic mass is 10.1. The minimum absolute atomic E-state index is 0.694. The van der Waals surface area contributed by atoms with Crippen LogP contribution in [-0.4, -0.2) is 21.3 Å². The number of ether oxygens (including phenoxy) is 2. The van der Waals surface area contributed by atoms with Gasteiger partial charge < -0.3 is 19.2 Å². The number of furan rings is 1. The van der Waals surface area contributed by atoms with Crippen molar-refractivity contribution in [3.63, 3.8) is 0 Å². The standard InChI is InChI=1S/C14H16BrNO3/c1-16-8-9-4-6-11(19-9)10-5-7-12(17-2)13(15)14(10)18-3/h4-7,16H,8H2,1-3H3. The quantitative estimate of drug-likeness (QED) is 0.914. The zero-order valence-corrected chi connectivity index (χ0v) is 12.7. The fraction of sp³-hybridized carbons (Fsp3) is 0.286. The fourth-order valence-corrected chi connectivity index (χ4v) is 2.55. The fourth-order valence-electron chi connectivity index (χ4n) is 1.88. The van der Waals surface area contributed by atoms with Gasteiger partial charge in [-0.1, -0.05) is 0 Å². The molecule has 1 aromatic carbocycles. The Labute approximate surface area is 120 Å². The van der Waals surface area contributed by atoms with E-state index in [0.717, 1.165) is 27.3 Å². The molecule has 0 aliphatic rings. The topological polar surface area (TPSA) is 43.6 Å². The second-order valence-electron chi connectivity index (χ2n) is 3.96. The molecular weight excluding hydrogens is 310 g/mol. The van der Waals surface area contributed by atoms with Gasteiger partial charge in [0.25, 0.3) is 0 Å². The van der Waals surface area contributed by atoms with Crippen molar-refractivity contribution < 1.29 is 13.9 Å². The average Bonchev–Trinajstić information content (AvgIpc) is 2.87. The van der Waals surface area contributed by atoms with Crippen LogP contribution in [0.2, 0.25) is 0 Å². The van der Waals surface area contributed by atoms with Crippen molar-refractivity contribution in [2.75, 3.05) is 21.3 Å². The third-order valence-corrected chi connectivity index (χ3v) is 3.51. The summed E-state index contributed by atoms with van der Waals surface area (Å²) in [7, 11) is 5.13. The third kappa shape index (κ3) is 2.77. The molecule has 2 aromatic rings. The van der Waals surface area contributed by atoms with Gasteiger partial charge in [-0.05, 0) is 47.2 Å². The molecule has 0 saturated heterocycles. The van der Waals surface area contributed by atoms with Gasteiger partial charge in [-0.25, -0.2) is 0 Å².